The molecule has 4 aromatic rings. The number of hydrogen-bond acceptors (Lipinski definition) is 4. The van der Waals surface area contributed by atoms with E-state index in [0.29, 0.717) is 26.3 Å². The first-order chi connectivity index (χ1) is 16.0. The van der Waals surface area contributed by atoms with E-state index in [2.05, 4.69) is 10.6 Å². The summed E-state index contributed by atoms with van der Waals surface area (Å²) in [5.74, 6) is -0.341. The smallest absolute Gasteiger partial charge is 0.265 e. The number of anilines is 2. The number of nitrogens with one attached hydrogen (secondary N) is 2. The van der Waals surface area contributed by atoms with Crippen LogP contribution >= 0.6 is 46.3 Å². The molecule has 166 valence electrons. The van der Waals surface area contributed by atoms with Crippen molar-refractivity contribution in [1.29, 1.82) is 0 Å². The Kier molecular flexibility index (Phi) is 7.73. The van der Waals surface area contributed by atoms with E-state index in [0.717, 1.165) is 10.5 Å². The molecule has 8 heteroatoms. The number of thioether (sulfide) groups is 1. The summed E-state index contributed by atoms with van der Waals surface area (Å²) in [4.78, 5) is 27.0. The Labute approximate surface area is 209 Å². The summed E-state index contributed by atoms with van der Waals surface area (Å²) >= 11 is 14.9. The van der Waals surface area contributed by atoms with Gasteiger partial charge >= 0.3 is 0 Å². The first kappa shape index (κ1) is 23.4. The van der Waals surface area contributed by atoms with E-state index >= 15 is 0 Å². The fourth-order valence-electron chi connectivity index (χ4n) is 3.09. The molecule has 4 nitrogen and oxygen atoms in total. The van der Waals surface area contributed by atoms with Gasteiger partial charge in [-0.05, 0) is 59.5 Å². The van der Waals surface area contributed by atoms with Crippen molar-refractivity contribution in [2.45, 2.75) is 10.1 Å². The van der Waals surface area contributed by atoms with E-state index in [1.54, 1.807) is 24.3 Å². The molecular formula is C25H18Cl2N2O2S2. The fourth-order valence-corrected chi connectivity index (χ4v) is 5.26. The summed E-state index contributed by atoms with van der Waals surface area (Å²) in [5, 5.41) is 8.04. The average Bonchev–Trinajstić information content (AvgIpc) is 3.33. The maximum absolute atomic E-state index is 13.2. The Balaban J connectivity index is 1.50. The third kappa shape index (κ3) is 6.39. The quantitative estimate of drug-likeness (QED) is 0.248. The van der Waals surface area contributed by atoms with Crippen LogP contribution in [0.3, 0.4) is 0 Å². The molecule has 1 heterocycles. The van der Waals surface area contributed by atoms with Crippen molar-refractivity contribution in [3.63, 3.8) is 0 Å². The van der Waals surface area contributed by atoms with Gasteiger partial charge in [0.05, 0.1) is 4.88 Å². The highest BCUT2D eigenvalue weighted by molar-refractivity contribution is 8.00. The summed E-state index contributed by atoms with van der Waals surface area (Å²) in [6.45, 7) is 0. The molecule has 0 saturated heterocycles. The molecule has 1 atom stereocenters. The highest BCUT2D eigenvalue weighted by Crippen LogP contribution is 2.37. The standard InChI is InChI=1S/C25H18Cl2N2O2S2/c26-17-13-18(27)15-20(14-17)29-25(31)23(16-5-2-1-3-6-16)33-21-10-8-19(9-11-21)28-24(30)22-7-4-12-32-22/h1-15,23H,(H,28,30)(H,29,31). The van der Waals surface area contributed by atoms with E-state index in [9.17, 15) is 9.59 Å². The summed E-state index contributed by atoms with van der Waals surface area (Å²) in [6.07, 6.45) is 0. The van der Waals surface area contributed by atoms with E-state index in [1.165, 1.54) is 23.1 Å². The Hall–Kier alpha value is -2.77. The molecule has 0 aliphatic heterocycles. The predicted octanol–water partition coefficient (Wildman–Crippen LogP) is 7.78. The van der Waals surface area contributed by atoms with Gasteiger partial charge in [0, 0.05) is 26.3 Å². The fraction of sp³-hybridized carbons (Fsp3) is 0.0400. The first-order valence-corrected chi connectivity index (χ1v) is 12.4. The van der Waals surface area contributed by atoms with Crippen molar-refractivity contribution in [3.8, 4) is 0 Å². The number of benzene rings is 3. The van der Waals surface area contributed by atoms with Crippen LogP contribution in [-0.2, 0) is 4.79 Å². The molecule has 0 aliphatic rings. The first-order valence-electron chi connectivity index (χ1n) is 9.91. The monoisotopic (exact) mass is 512 g/mol. The van der Waals surface area contributed by atoms with Crippen LogP contribution in [0.25, 0.3) is 0 Å². The van der Waals surface area contributed by atoms with Crippen LogP contribution in [0.2, 0.25) is 10.0 Å². The van der Waals surface area contributed by atoms with Gasteiger partial charge in [-0.1, -0.05) is 59.6 Å². The van der Waals surface area contributed by atoms with Crippen molar-refractivity contribution in [2.75, 3.05) is 10.6 Å². The molecule has 0 radical (unpaired) electrons. The van der Waals surface area contributed by atoms with Crippen molar-refractivity contribution in [1.82, 2.24) is 0 Å². The Morgan fingerprint density at radius 2 is 1.48 bits per heavy atom. The van der Waals surface area contributed by atoms with Gasteiger partial charge in [0.25, 0.3) is 5.91 Å². The topological polar surface area (TPSA) is 58.2 Å². The molecule has 2 amide bonds. The summed E-state index contributed by atoms with van der Waals surface area (Å²) < 4.78 is 0. The molecule has 0 saturated carbocycles. The minimum atomic E-state index is -0.504. The van der Waals surface area contributed by atoms with E-state index in [1.807, 2.05) is 66.0 Å². The lowest BCUT2D eigenvalue weighted by Crippen LogP contribution is -2.19. The zero-order chi connectivity index (χ0) is 23.2. The second kappa shape index (κ2) is 10.9. The Morgan fingerprint density at radius 3 is 2.12 bits per heavy atom. The van der Waals surface area contributed by atoms with Gasteiger partial charge in [0.15, 0.2) is 0 Å². The SMILES string of the molecule is O=C(Nc1ccc(SC(C(=O)Nc2cc(Cl)cc(Cl)c2)c2ccccc2)cc1)c1cccs1. The van der Waals surface area contributed by atoms with E-state index < -0.39 is 5.25 Å². The molecule has 0 spiro atoms. The van der Waals surface area contributed by atoms with Crippen LogP contribution in [0.15, 0.2) is 95.2 Å². The van der Waals surface area contributed by atoms with Crippen LogP contribution in [-0.4, -0.2) is 11.8 Å². The van der Waals surface area contributed by atoms with Crippen molar-refractivity contribution in [2.24, 2.45) is 0 Å². The Bertz CT molecular complexity index is 1230. The van der Waals surface area contributed by atoms with Gasteiger partial charge in [-0.3, -0.25) is 9.59 Å². The highest BCUT2D eigenvalue weighted by atomic mass is 35.5. The lowest BCUT2D eigenvalue weighted by Gasteiger charge is -2.18. The molecule has 0 fully saturated rings. The number of thiophene rings is 1. The molecule has 33 heavy (non-hydrogen) atoms. The van der Waals surface area contributed by atoms with Gasteiger partial charge in [0.1, 0.15) is 5.25 Å². The number of amides is 2. The van der Waals surface area contributed by atoms with Crippen LogP contribution in [0.1, 0.15) is 20.5 Å². The van der Waals surface area contributed by atoms with Gasteiger partial charge < -0.3 is 10.6 Å². The summed E-state index contributed by atoms with van der Waals surface area (Å²) in [7, 11) is 0. The highest BCUT2D eigenvalue weighted by Gasteiger charge is 2.22. The minimum absolute atomic E-state index is 0.146. The molecule has 1 unspecified atom stereocenters. The number of carbonyl (C=O) groups excluding carboxylic acids is 2. The van der Waals surface area contributed by atoms with Crippen molar-refractivity contribution in [3.05, 3.63) is 111 Å². The van der Waals surface area contributed by atoms with Gasteiger partial charge in [-0.2, -0.15) is 0 Å². The van der Waals surface area contributed by atoms with E-state index in [-0.39, 0.29) is 11.8 Å². The number of hydrogen-bond donors (Lipinski definition) is 2. The van der Waals surface area contributed by atoms with Gasteiger partial charge in [0.2, 0.25) is 5.91 Å². The lowest BCUT2D eigenvalue weighted by molar-refractivity contribution is -0.115. The Morgan fingerprint density at radius 1 is 0.788 bits per heavy atom. The van der Waals surface area contributed by atoms with Crippen LogP contribution < -0.4 is 10.6 Å². The second-order valence-corrected chi connectivity index (χ2v) is 10.0. The maximum atomic E-state index is 13.2. The molecular weight excluding hydrogens is 495 g/mol. The zero-order valence-electron chi connectivity index (χ0n) is 17.1. The van der Waals surface area contributed by atoms with Crippen LogP contribution in [0.5, 0.6) is 0 Å². The maximum Gasteiger partial charge on any atom is 0.265 e. The lowest BCUT2D eigenvalue weighted by atomic mass is 10.1. The molecule has 0 aliphatic carbocycles. The zero-order valence-corrected chi connectivity index (χ0v) is 20.3. The van der Waals surface area contributed by atoms with Gasteiger partial charge in [-0.15, -0.1) is 23.1 Å². The number of rotatable bonds is 7. The van der Waals surface area contributed by atoms with Crippen LogP contribution in [0.4, 0.5) is 11.4 Å². The largest absolute Gasteiger partial charge is 0.325 e. The van der Waals surface area contributed by atoms with E-state index in [4.69, 9.17) is 23.2 Å². The summed E-state index contributed by atoms with van der Waals surface area (Å²) in [5.41, 5.74) is 2.08. The normalized spacial score (nSPS) is 11.6. The molecule has 2 N–H and O–H groups in total. The molecule has 0 bridgehead atoms. The third-order valence-corrected chi connectivity index (χ3v) is 7.15. The molecule has 3 aromatic carbocycles. The molecule has 1 aromatic heterocycles. The second-order valence-electron chi connectivity index (χ2n) is 7.01. The minimum Gasteiger partial charge on any atom is -0.325 e. The van der Waals surface area contributed by atoms with Crippen molar-refractivity contribution >= 4 is 69.5 Å². The number of halogens is 2. The predicted molar refractivity (Wildman–Crippen MR) is 139 cm³/mol. The molecule has 4 rings (SSSR count). The van der Waals surface area contributed by atoms with Gasteiger partial charge in [-0.25, -0.2) is 0 Å². The van der Waals surface area contributed by atoms with Crippen LogP contribution in [0, 0.1) is 0 Å². The third-order valence-electron chi connectivity index (χ3n) is 4.58. The summed E-state index contributed by atoms with van der Waals surface area (Å²) in [6, 6.07) is 25.5. The van der Waals surface area contributed by atoms with Crippen molar-refractivity contribution < 1.29 is 9.59 Å². The number of carbonyl (C=O) groups is 2. The average molecular weight is 513 g/mol.